The number of carbonyl (C=O) groups is 1. The van der Waals surface area contributed by atoms with Gasteiger partial charge in [0.25, 0.3) is 0 Å². The lowest BCUT2D eigenvalue weighted by Gasteiger charge is -2.06. The van der Waals surface area contributed by atoms with E-state index in [1.807, 2.05) is 0 Å². The summed E-state index contributed by atoms with van der Waals surface area (Å²) in [7, 11) is 0. The third kappa shape index (κ3) is 2.22. The second-order valence-corrected chi connectivity index (χ2v) is 4.15. The maximum absolute atomic E-state index is 13.8. The predicted octanol–water partition coefficient (Wildman–Crippen LogP) is 4.02. The topological polar surface area (TPSA) is 17.1 Å². The summed E-state index contributed by atoms with van der Waals surface area (Å²) in [6, 6.07) is 11.4. The van der Waals surface area contributed by atoms with Gasteiger partial charge in [0.05, 0.1) is 10.6 Å². The smallest absolute Gasteiger partial charge is 0.197 e. The van der Waals surface area contributed by atoms with Gasteiger partial charge in [-0.05, 0) is 30.7 Å². The molecule has 0 spiro atoms. The van der Waals surface area contributed by atoms with Gasteiger partial charge in [0.2, 0.25) is 0 Å². The number of halogens is 2. The third-order valence-electron chi connectivity index (χ3n) is 2.55. The summed E-state index contributed by atoms with van der Waals surface area (Å²) in [5.41, 5.74) is 0.819. The molecule has 0 aliphatic rings. The number of hydrogen-bond donors (Lipinski definition) is 0. The summed E-state index contributed by atoms with van der Waals surface area (Å²) in [6.45, 7) is 1.62. The van der Waals surface area contributed by atoms with Crippen LogP contribution in [0.15, 0.2) is 42.5 Å². The molecule has 1 nitrogen and oxygen atoms in total. The Morgan fingerprint density at radius 2 is 1.71 bits per heavy atom. The highest BCUT2D eigenvalue weighted by atomic mass is 35.5. The summed E-state index contributed by atoms with van der Waals surface area (Å²) in [5, 5.41) is 0.332. The van der Waals surface area contributed by atoms with E-state index in [1.165, 1.54) is 6.07 Å². The van der Waals surface area contributed by atoms with Gasteiger partial charge in [-0.2, -0.15) is 0 Å². The van der Waals surface area contributed by atoms with E-state index in [2.05, 4.69) is 0 Å². The molecule has 2 rings (SSSR count). The summed E-state index contributed by atoms with van der Waals surface area (Å²) in [4.78, 5) is 12.1. The molecule has 3 heteroatoms. The standard InChI is InChI=1S/C14H10ClFO/c1-9-5-4-7-11(13(9)16)14(17)10-6-2-3-8-12(10)15/h2-8H,1H3. The highest BCUT2D eigenvalue weighted by molar-refractivity contribution is 6.35. The van der Waals surface area contributed by atoms with E-state index in [4.69, 9.17) is 11.6 Å². The molecular formula is C14H10ClFO. The van der Waals surface area contributed by atoms with Crippen molar-refractivity contribution >= 4 is 17.4 Å². The minimum absolute atomic E-state index is 0.0538. The van der Waals surface area contributed by atoms with E-state index in [0.717, 1.165) is 0 Å². The van der Waals surface area contributed by atoms with Crippen LogP contribution in [0.2, 0.25) is 5.02 Å². The fourth-order valence-electron chi connectivity index (χ4n) is 1.61. The second-order valence-electron chi connectivity index (χ2n) is 3.75. The van der Waals surface area contributed by atoms with Gasteiger partial charge >= 0.3 is 0 Å². The Labute approximate surface area is 104 Å². The minimum atomic E-state index is -0.489. The molecule has 2 aromatic carbocycles. The van der Waals surface area contributed by atoms with Crippen LogP contribution in [-0.2, 0) is 0 Å². The van der Waals surface area contributed by atoms with Crippen LogP contribution < -0.4 is 0 Å². The molecule has 0 saturated carbocycles. The van der Waals surface area contributed by atoms with Gasteiger partial charge in [0.1, 0.15) is 5.82 Å². The molecular weight excluding hydrogens is 239 g/mol. The molecule has 0 aliphatic carbocycles. The summed E-state index contributed by atoms with van der Waals surface area (Å²) in [6.07, 6.45) is 0. The van der Waals surface area contributed by atoms with E-state index in [9.17, 15) is 9.18 Å². The molecule has 0 bridgehead atoms. The zero-order valence-corrected chi connectivity index (χ0v) is 9.96. The molecule has 0 saturated heterocycles. The molecule has 0 fully saturated rings. The first-order valence-electron chi connectivity index (χ1n) is 5.15. The maximum atomic E-state index is 13.8. The van der Waals surface area contributed by atoms with Crippen molar-refractivity contribution in [3.63, 3.8) is 0 Å². The Bertz CT molecular complexity index is 578. The summed E-state index contributed by atoms with van der Waals surface area (Å²) < 4.78 is 13.8. The zero-order chi connectivity index (χ0) is 12.4. The molecule has 0 radical (unpaired) electrons. The molecule has 0 atom stereocenters. The monoisotopic (exact) mass is 248 g/mol. The average Bonchev–Trinajstić information content (AvgIpc) is 2.32. The zero-order valence-electron chi connectivity index (χ0n) is 9.21. The largest absolute Gasteiger partial charge is 0.288 e. The molecule has 86 valence electrons. The summed E-state index contributed by atoms with van der Waals surface area (Å²) >= 11 is 5.92. The first kappa shape index (κ1) is 11.8. The van der Waals surface area contributed by atoms with Gasteiger partial charge in [-0.3, -0.25) is 4.79 Å². The van der Waals surface area contributed by atoms with Gasteiger partial charge in [-0.25, -0.2) is 4.39 Å². The number of hydrogen-bond acceptors (Lipinski definition) is 1. The van der Waals surface area contributed by atoms with Crippen molar-refractivity contribution < 1.29 is 9.18 Å². The van der Waals surface area contributed by atoms with Crippen molar-refractivity contribution in [1.29, 1.82) is 0 Å². The first-order chi connectivity index (χ1) is 8.11. The van der Waals surface area contributed by atoms with Crippen LogP contribution in [0, 0.1) is 12.7 Å². The van der Waals surface area contributed by atoms with E-state index in [1.54, 1.807) is 43.3 Å². The van der Waals surface area contributed by atoms with Gasteiger partial charge in [-0.15, -0.1) is 0 Å². The van der Waals surface area contributed by atoms with Crippen LogP contribution in [0.4, 0.5) is 4.39 Å². The van der Waals surface area contributed by atoms with Crippen molar-refractivity contribution in [3.05, 3.63) is 70.0 Å². The predicted molar refractivity (Wildman–Crippen MR) is 66.0 cm³/mol. The Morgan fingerprint density at radius 1 is 1.06 bits per heavy atom. The number of benzene rings is 2. The molecule has 0 unspecified atom stereocenters. The average molecular weight is 249 g/mol. The lowest BCUT2D eigenvalue weighted by Crippen LogP contribution is -2.05. The highest BCUT2D eigenvalue weighted by Gasteiger charge is 2.17. The molecule has 0 aliphatic heterocycles. The van der Waals surface area contributed by atoms with E-state index in [0.29, 0.717) is 16.1 Å². The van der Waals surface area contributed by atoms with E-state index in [-0.39, 0.29) is 5.56 Å². The van der Waals surface area contributed by atoms with E-state index < -0.39 is 11.6 Å². The third-order valence-corrected chi connectivity index (χ3v) is 2.88. The number of rotatable bonds is 2. The summed E-state index contributed by atoms with van der Waals surface area (Å²) in [5.74, 6) is -0.880. The molecule has 0 amide bonds. The Balaban J connectivity index is 2.52. The Morgan fingerprint density at radius 3 is 2.41 bits per heavy atom. The van der Waals surface area contributed by atoms with Crippen molar-refractivity contribution in [1.82, 2.24) is 0 Å². The maximum Gasteiger partial charge on any atom is 0.197 e. The SMILES string of the molecule is Cc1cccc(C(=O)c2ccccc2Cl)c1F. The van der Waals surface area contributed by atoms with Gasteiger partial charge in [-0.1, -0.05) is 35.9 Å². The first-order valence-corrected chi connectivity index (χ1v) is 5.53. The van der Waals surface area contributed by atoms with E-state index >= 15 is 0 Å². The van der Waals surface area contributed by atoms with Crippen molar-refractivity contribution in [3.8, 4) is 0 Å². The second kappa shape index (κ2) is 4.68. The van der Waals surface area contributed by atoms with Gasteiger partial charge in [0.15, 0.2) is 5.78 Å². The Hall–Kier alpha value is -1.67. The molecule has 17 heavy (non-hydrogen) atoms. The number of carbonyl (C=O) groups excluding carboxylic acids is 1. The van der Waals surface area contributed by atoms with Crippen LogP contribution in [0.5, 0.6) is 0 Å². The number of aryl methyl sites for hydroxylation is 1. The quantitative estimate of drug-likeness (QED) is 0.734. The Kier molecular flexibility index (Phi) is 3.25. The van der Waals surface area contributed by atoms with Crippen molar-refractivity contribution in [2.24, 2.45) is 0 Å². The van der Waals surface area contributed by atoms with Gasteiger partial charge < -0.3 is 0 Å². The normalized spacial score (nSPS) is 10.3. The van der Waals surface area contributed by atoms with Gasteiger partial charge in [0, 0.05) is 5.56 Å². The lowest BCUT2D eigenvalue weighted by molar-refractivity contribution is 0.103. The van der Waals surface area contributed by atoms with Crippen LogP contribution in [-0.4, -0.2) is 5.78 Å². The fraction of sp³-hybridized carbons (Fsp3) is 0.0714. The minimum Gasteiger partial charge on any atom is -0.288 e. The molecule has 0 aromatic heterocycles. The van der Waals surface area contributed by atoms with Crippen LogP contribution >= 0.6 is 11.6 Å². The van der Waals surface area contributed by atoms with Crippen molar-refractivity contribution in [2.45, 2.75) is 6.92 Å². The van der Waals surface area contributed by atoms with Crippen LogP contribution in [0.3, 0.4) is 0 Å². The fourth-order valence-corrected chi connectivity index (χ4v) is 1.83. The molecule has 0 heterocycles. The molecule has 2 aromatic rings. The molecule has 0 N–H and O–H groups in total. The van der Waals surface area contributed by atoms with Crippen molar-refractivity contribution in [2.75, 3.05) is 0 Å². The van der Waals surface area contributed by atoms with Crippen LogP contribution in [0.1, 0.15) is 21.5 Å². The number of ketones is 1. The lowest BCUT2D eigenvalue weighted by atomic mass is 10.0. The van der Waals surface area contributed by atoms with Crippen LogP contribution in [0.25, 0.3) is 0 Å². The highest BCUT2D eigenvalue weighted by Crippen LogP contribution is 2.21.